The number of hydrogen-bond acceptors (Lipinski definition) is 9. The summed E-state index contributed by atoms with van der Waals surface area (Å²) in [6.07, 6.45) is 11.0. The predicted octanol–water partition coefficient (Wildman–Crippen LogP) is 4.18. The number of carbonyl (C=O) groups is 4. The number of alkyl carbamates (subject to hydrolysis) is 2. The molecule has 52 heavy (non-hydrogen) atoms. The number of nitrogens with one attached hydrogen (secondary N) is 4. The van der Waals surface area contributed by atoms with Crippen LogP contribution in [0.25, 0.3) is 11.3 Å². The molecule has 2 aromatic rings. The van der Waals surface area contributed by atoms with Gasteiger partial charge in [-0.15, -0.1) is 0 Å². The van der Waals surface area contributed by atoms with Crippen molar-refractivity contribution in [1.29, 1.82) is 0 Å². The molecule has 3 aliphatic heterocycles. The van der Waals surface area contributed by atoms with Gasteiger partial charge in [0.05, 0.1) is 50.8 Å². The minimum Gasteiger partial charge on any atom is -0.453 e. The molecule has 3 saturated carbocycles. The molecule has 1 aromatic heterocycles. The molecule has 6 aliphatic rings. The lowest BCUT2D eigenvalue weighted by molar-refractivity contribution is -0.134. The van der Waals surface area contributed by atoms with Crippen molar-refractivity contribution in [3.63, 3.8) is 0 Å². The number of ether oxygens (including phenoxy) is 2. The number of carbonyl (C=O) groups excluding carboxylic acids is 4. The first kappa shape index (κ1) is 35.8. The van der Waals surface area contributed by atoms with Gasteiger partial charge in [0.2, 0.25) is 11.8 Å². The van der Waals surface area contributed by atoms with E-state index in [0.717, 1.165) is 93.7 Å². The number of amidine groups is 1. The van der Waals surface area contributed by atoms with Gasteiger partial charge in [-0.25, -0.2) is 14.6 Å². The van der Waals surface area contributed by atoms with E-state index < -0.39 is 24.3 Å². The molecule has 14 heteroatoms. The highest BCUT2D eigenvalue weighted by molar-refractivity contribution is 5.95. The fourth-order valence-electron chi connectivity index (χ4n) is 9.56. The van der Waals surface area contributed by atoms with Gasteiger partial charge in [0.1, 0.15) is 23.7 Å². The van der Waals surface area contributed by atoms with E-state index in [1.807, 2.05) is 11.1 Å². The van der Waals surface area contributed by atoms with Gasteiger partial charge >= 0.3 is 12.2 Å². The Morgan fingerprint density at radius 3 is 1.96 bits per heavy atom. The first-order valence-corrected chi connectivity index (χ1v) is 18.8. The molecule has 4 heterocycles. The van der Waals surface area contributed by atoms with E-state index in [1.54, 1.807) is 18.7 Å². The molecule has 0 spiro atoms. The molecule has 2 saturated heterocycles. The monoisotopic (exact) mass is 716 g/mol. The van der Waals surface area contributed by atoms with Gasteiger partial charge in [0.25, 0.3) is 0 Å². The number of nitrogens with zero attached hydrogens (tertiary/aromatic N) is 4. The highest BCUT2D eigenvalue weighted by Gasteiger charge is 2.54. The average Bonchev–Trinajstić information content (AvgIpc) is 4.01. The Labute approximate surface area is 304 Å². The summed E-state index contributed by atoms with van der Waals surface area (Å²) in [7, 11) is 2.58. The first-order chi connectivity index (χ1) is 25.1. The lowest BCUT2D eigenvalue weighted by atomic mass is 9.50. The number of imidazole rings is 1. The predicted molar refractivity (Wildman–Crippen MR) is 193 cm³/mol. The van der Waals surface area contributed by atoms with E-state index in [0.29, 0.717) is 13.1 Å². The molecule has 3 aliphatic carbocycles. The summed E-state index contributed by atoms with van der Waals surface area (Å²) < 4.78 is 9.35. The Morgan fingerprint density at radius 1 is 0.827 bits per heavy atom. The highest BCUT2D eigenvalue weighted by atomic mass is 16.5. The van der Waals surface area contributed by atoms with Crippen LogP contribution in [-0.2, 0) is 24.5 Å². The van der Waals surface area contributed by atoms with Crippen molar-refractivity contribution in [1.82, 2.24) is 35.7 Å². The van der Waals surface area contributed by atoms with E-state index in [2.05, 4.69) is 59.7 Å². The minimum atomic E-state index is -0.687. The number of likely N-dealkylation sites (tertiary alicyclic amines) is 2. The number of aromatic nitrogens is 2. The van der Waals surface area contributed by atoms with Crippen molar-refractivity contribution in [3.8, 4) is 11.3 Å². The number of benzene rings is 1. The van der Waals surface area contributed by atoms with Crippen LogP contribution in [0.15, 0.2) is 35.5 Å². The fraction of sp³-hybridized carbons (Fsp3) is 0.632. The molecule has 280 valence electrons. The molecule has 4 N–H and O–H groups in total. The summed E-state index contributed by atoms with van der Waals surface area (Å²) in [5, 5.41) is 9.00. The Bertz CT molecular complexity index is 1680. The summed E-state index contributed by atoms with van der Waals surface area (Å²) in [6, 6.07) is 7.64. The van der Waals surface area contributed by atoms with Gasteiger partial charge < -0.3 is 40.2 Å². The SMILES string of the molecule is COC(=O)N[C@@H](C)C(=O)N1CCC[C@H]1C1=NCC(C23CCC(c4ccc(-c5cnc([C@@H]6CCCN6C(=O)[C@H](C)NC(=O)OC)[nH]5)cc4)(CC2)CC3)N1. The van der Waals surface area contributed by atoms with Crippen molar-refractivity contribution < 1.29 is 28.7 Å². The molecule has 5 atom stereocenters. The highest BCUT2D eigenvalue weighted by Crippen LogP contribution is 2.59. The molecule has 0 radical (unpaired) electrons. The fourth-order valence-corrected chi connectivity index (χ4v) is 9.56. The second-order valence-electron chi connectivity index (χ2n) is 15.4. The minimum absolute atomic E-state index is 0.0786. The standard InChI is InChI=1S/C38H52N8O6/c1-23(41-35(49)51-3)33(47)45-19-5-7-28(45)31-39-21-27(43-31)25-9-11-26(12-10-25)37-13-16-38(17-14-37,18-15-37)30-22-40-32(44-30)29-8-6-20-46(29)34(48)24(2)42-36(50)52-4/h9-12,21,23-24,28-30H,5-8,13-20,22H2,1-4H3,(H,39,43)(H,40,44)(H,41,49)(H,42,50)/t23-,24-,28-,29-,30?,37?,38?/m0/s1. The second kappa shape index (κ2) is 14.4. The lowest BCUT2D eigenvalue weighted by Crippen LogP contribution is -2.57. The Balaban J connectivity index is 0.952. The van der Waals surface area contributed by atoms with E-state index in [1.165, 1.54) is 19.8 Å². The zero-order chi connectivity index (χ0) is 36.6. The molecule has 5 fully saturated rings. The van der Waals surface area contributed by atoms with Crippen LogP contribution in [0.5, 0.6) is 0 Å². The Hall–Kier alpha value is -4.62. The summed E-state index contributed by atoms with van der Waals surface area (Å²) in [4.78, 5) is 66.5. The topological polar surface area (TPSA) is 170 Å². The van der Waals surface area contributed by atoms with Crippen LogP contribution in [-0.4, -0.2) is 108 Å². The van der Waals surface area contributed by atoms with Crippen molar-refractivity contribution in [2.24, 2.45) is 10.4 Å². The van der Waals surface area contributed by atoms with E-state index >= 15 is 0 Å². The molecular weight excluding hydrogens is 664 g/mol. The molecule has 1 aromatic carbocycles. The number of amides is 4. The largest absolute Gasteiger partial charge is 0.453 e. The molecular formula is C38H52N8O6. The maximum absolute atomic E-state index is 13.2. The van der Waals surface area contributed by atoms with Gasteiger partial charge in [-0.05, 0) is 100 Å². The number of methoxy groups -OCH3 is 2. The molecule has 14 nitrogen and oxygen atoms in total. The number of aromatic amines is 1. The van der Waals surface area contributed by atoms with Gasteiger partial charge in [-0.1, -0.05) is 24.3 Å². The maximum Gasteiger partial charge on any atom is 0.407 e. The van der Waals surface area contributed by atoms with Gasteiger partial charge in [-0.3, -0.25) is 14.6 Å². The molecule has 8 rings (SSSR count). The zero-order valence-corrected chi connectivity index (χ0v) is 30.7. The van der Waals surface area contributed by atoms with Gasteiger partial charge in [0, 0.05) is 13.1 Å². The van der Waals surface area contributed by atoms with Gasteiger partial charge in [-0.2, -0.15) is 0 Å². The smallest absolute Gasteiger partial charge is 0.407 e. The third-order valence-corrected chi connectivity index (χ3v) is 12.7. The Morgan fingerprint density at radius 2 is 1.38 bits per heavy atom. The van der Waals surface area contributed by atoms with Crippen LogP contribution in [0.3, 0.4) is 0 Å². The van der Waals surface area contributed by atoms with Crippen LogP contribution in [0.1, 0.15) is 95.5 Å². The number of fused-ring (bicyclic) bond motifs is 3. The van der Waals surface area contributed by atoms with Crippen LogP contribution in [0.4, 0.5) is 9.59 Å². The summed E-state index contributed by atoms with van der Waals surface area (Å²) in [6.45, 7) is 5.39. The van der Waals surface area contributed by atoms with Crippen molar-refractivity contribution in [2.45, 2.75) is 114 Å². The number of hydrogen-bond donors (Lipinski definition) is 4. The van der Waals surface area contributed by atoms with E-state index in [-0.39, 0.29) is 40.8 Å². The van der Waals surface area contributed by atoms with Crippen LogP contribution in [0.2, 0.25) is 0 Å². The maximum atomic E-state index is 13.2. The van der Waals surface area contributed by atoms with Crippen molar-refractivity contribution in [3.05, 3.63) is 41.9 Å². The number of aliphatic imine (C=N–C) groups is 1. The quantitative estimate of drug-likeness (QED) is 0.300. The van der Waals surface area contributed by atoms with Gasteiger partial charge in [0.15, 0.2) is 0 Å². The third kappa shape index (κ3) is 6.60. The average molecular weight is 717 g/mol. The number of H-pyrrole nitrogens is 1. The van der Waals surface area contributed by atoms with Crippen molar-refractivity contribution >= 4 is 29.8 Å². The summed E-state index contributed by atoms with van der Waals surface area (Å²) in [5.74, 6) is 1.43. The normalized spacial score (nSPS) is 29.2. The summed E-state index contributed by atoms with van der Waals surface area (Å²) >= 11 is 0. The Kier molecular flexibility index (Phi) is 9.92. The van der Waals surface area contributed by atoms with E-state index in [9.17, 15) is 19.2 Å². The molecule has 2 bridgehead atoms. The zero-order valence-electron chi connectivity index (χ0n) is 30.7. The third-order valence-electron chi connectivity index (χ3n) is 12.7. The first-order valence-electron chi connectivity index (χ1n) is 18.8. The van der Waals surface area contributed by atoms with Crippen LogP contribution < -0.4 is 16.0 Å². The lowest BCUT2D eigenvalue weighted by Gasteiger charge is -2.56. The van der Waals surface area contributed by atoms with Crippen molar-refractivity contribution in [2.75, 3.05) is 33.9 Å². The molecule has 1 unspecified atom stereocenters. The number of rotatable bonds is 9. The second-order valence-corrected chi connectivity index (χ2v) is 15.4. The van der Waals surface area contributed by atoms with E-state index in [4.69, 9.17) is 4.99 Å². The van der Waals surface area contributed by atoms with Crippen LogP contribution in [0, 0.1) is 5.41 Å². The molecule has 4 amide bonds. The summed E-state index contributed by atoms with van der Waals surface area (Å²) in [5.41, 5.74) is 3.76. The van der Waals surface area contributed by atoms with Crippen LogP contribution >= 0.6 is 0 Å².